The van der Waals surface area contributed by atoms with Gasteiger partial charge in [-0.15, -0.1) is 16.3 Å². The first-order valence-corrected chi connectivity index (χ1v) is 13.6. The molecule has 5 rings (SSSR count). The number of allylic oxidation sites excluding steroid dienone is 1. The number of nitrogens with zero attached hydrogens (tertiary/aromatic N) is 6. The molecular formula is C22H20ClN8O6S2+. The molecule has 2 aliphatic rings. The third-order valence-corrected chi connectivity index (χ3v) is 8.41. The standard InChI is InChI=1S/C22H19ClN8O6S2/c1-10(21(35)36)37-28-15(14-17(23)39-22(24)27-14)18(33)26-16-19(34)31-12(8-32)11(9-38-20(16)31)7-29-5-6-30-13(29)3-2-4-25-30/h2-6,8,10,16,20H,7,9H2,1H3,(H3-,24,26,27,33,35,36)/p+1/b28-15-/t10-,16?,20?/m0/s1. The molecule has 3 aromatic rings. The van der Waals surface area contributed by atoms with E-state index in [4.69, 9.17) is 27.3 Å². The minimum atomic E-state index is -1.37. The van der Waals surface area contributed by atoms with Gasteiger partial charge in [-0.25, -0.2) is 14.3 Å². The molecule has 0 radical (unpaired) electrons. The molecule has 5 heterocycles. The number of hydrogen-bond donors (Lipinski definition) is 3. The average Bonchev–Trinajstić information content (AvgIpc) is 3.48. The van der Waals surface area contributed by atoms with Gasteiger partial charge in [-0.3, -0.25) is 19.3 Å². The second-order valence-corrected chi connectivity index (χ2v) is 11.2. The number of β-lactam (4-membered cyclic amide) rings is 1. The van der Waals surface area contributed by atoms with Gasteiger partial charge in [0.25, 0.3) is 11.8 Å². The van der Waals surface area contributed by atoms with E-state index < -0.39 is 41.0 Å². The second kappa shape index (κ2) is 10.6. The van der Waals surface area contributed by atoms with Crippen LogP contribution in [0.15, 0.2) is 47.1 Å². The summed E-state index contributed by atoms with van der Waals surface area (Å²) in [7, 11) is 0. The molecule has 0 aliphatic carbocycles. The number of carboxylic acid groups (broad SMARTS) is 1. The van der Waals surface area contributed by atoms with E-state index in [1.807, 2.05) is 16.8 Å². The molecule has 0 saturated carbocycles. The number of carboxylic acids is 1. The van der Waals surface area contributed by atoms with Crippen molar-refractivity contribution in [2.75, 3.05) is 11.5 Å². The van der Waals surface area contributed by atoms with Crippen LogP contribution in [0.4, 0.5) is 5.13 Å². The lowest BCUT2D eigenvalue weighted by Crippen LogP contribution is -2.70. The summed E-state index contributed by atoms with van der Waals surface area (Å²) >= 11 is 8.42. The van der Waals surface area contributed by atoms with E-state index in [1.165, 1.54) is 23.6 Å². The monoisotopic (exact) mass is 591 g/mol. The summed E-state index contributed by atoms with van der Waals surface area (Å²) in [5.41, 5.74) is 6.93. The molecule has 1 saturated heterocycles. The Morgan fingerprint density at radius 1 is 1.49 bits per heavy atom. The molecular weight excluding hydrogens is 572 g/mol. The average molecular weight is 592 g/mol. The summed E-state index contributed by atoms with van der Waals surface area (Å²) in [4.78, 5) is 59.8. The molecule has 1 fully saturated rings. The number of anilines is 1. The Kier molecular flexibility index (Phi) is 7.24. The normalized spacial score (nSPS) is 19.9. The van der Waals surface area contributed by atoms with Crippen LogP contribution in [0.1, 0.15) is 12.6 Å². The largest absolute Gasteiger partial charge is 0.478 e. The fourth-order valence-corrected chi connectivity index (χ4v) is 6.32. The van der Waals surface area contributed by atoms with E-state index in [-0.39, 0.29) is 20.9 Å². The van der Waals surface area contributed by atoms with Gasteiger partial charge in [0.15, 0.2) is 23.3 Å². The first-order valence-electron chi connectivity index (χ1n) is 11.3. The Morgan fingerprint density at radius 2 is 2.28 bits per heavy atom. The van der Waals surface area contributed by atoms with Crippen LogP contribution in [-0.2, 0) is 30.6 Å². The van der Waals surface area contributed by atoms with E-state index in [0.717, 1.165) is 22.6 Å². The quantitative estimate of drug-likeness (QED) is 0.101. The number of aldehydes is 1. The number of amides is 2. The fraction of sp³-hybridized carbons (Fsp3) is 0.273. The van der Waals surface area contributed by atoms with Gasteiger partial charge in [0, 0.05) is 17.4 Å². The Bertz CT molecular complexity index is 1570. The maximum atomic E-state index is 13.2. The second-order valence-electron chi connectivity index (χ2n) is 8.42. The number of halogens is 1. The molecule has 3 atom stereocenters. The molecule has 2 amide bonds. The predicted molar refractivity (Wildman–Crippen MR) is 140 cm³/mol. The van der Waals surface area contributed by atoms with Crippen molar-refractivity contribution < 1.29 is 33.6 Å². The number of thioether (sulfide) groups is 1. The molecule has 2 unspecified atom stereocenters. The van der Waals surface area contributed by atoms with Gasteiger partial charge in [-0.1, -0.05) is 33.2 Å². The van der Waals surface area contributed by atoms with Crippen LogP contribution in [-0.4, -0.2) is 77.7 Å². The van der Waals surface area contributed by atoms with Crippen molar-refractivity contribution >= 4 is 75.3 Å². The number of fused-ring (bicyclic) bond motifs is 2. The van der Waals surface area contributed by atoms with Gasteiger partial charge < -0.3 is 21.0 Å². The number of rotatable bonds is 9. The number of thiazole rings is 1. The predicted octanol–water partition coefficient (Wildman–Crippen LogP) is 0.0608. The topological polar surface area (TPSA) is 186 Å². The molecule has 17 heteroatoms. The fourth-order valence-electron chi connectivity index (χ4n) is 4.04. The van der Waals surface area contributed by atoms with Crippen LogP contribution in [0.2, 0.25) is 4.34 Å². The highest BCUT2D eigenvalue weighted by molar-refractivity contribution is 8.00. The van der Waals surface area contributed by atoms with Crippen LogP contribution in [0, 0.1) is 0 Å². The van der Waals surface area contributed by atoms with E-state index in [2.05, 4.69) is 20.6 Å². The van der Waals surface area contributed by atoms with Crippen LogP contribution < -0.4 is 15.6 Å². The first kappa shape index (κ1) is 26.6. The van der Waals surface area contributed by atoms with Gasteiger partial charge in [0.2, 0.25) is 6.10 Å². The Labute approximate surface area is 233 Å². The number of carbonyl (C=O) groups is 4. The van der Waals surface area contributed by atoms with Crippen molar-refractivity contribution in [3.63, 3.8) is 0 Å². The zero-order valence-corrected chi connectivity index (χ0v) is 22.4. The number of oxime groups is 1. The maximum Gasteiger partial charge on any atom is 0.347 e. The number of nitrogens with two attached hydrogens (primary N) is 1. The minimum Gasteiger partial charge on any atom is -0.478 e. The van der Waals surface area contributed by atoms with Gasteiger partial charge in [-0.05, 0) is 13.0 Å². The molecule has 2 aliphatic heterocycles. The highest BCUT2D eigenvalue weighted by Gasteiger charge is 2.53. The van der Waals surface area contributed by atoms with Crippen molar-refractivity contribution in [1.29, 1.82) is 0 Å². The lowest BCUT2D eigenvalue weighted by molar-refractivity contribution is -0.579. The van der Waals surface area contributed by atoms with Crippen molar-refractivity contribution in [2.45, 2.75) is 31.0 Å². The van der Waals surface area contributed by atoms with E-state index >= 15 is 0 Å². The van der Waals surface area contributed by atoms with Crippen molar-refractivity contribution in [3.8, 4) is 0 Å². The number of nitrogens with one attached hydrogen (secondary N) is 1. The zero-order chi connectivity index (χ0) is 27.8. The minimum absolute atomic E-state index is 0.0308. The maximum absolute atomic E-state index is 13.2. The molecule has 4 N–H and O–H groups in total. The van der Waals surface area contributed by atoms with Crippen LogP contribution in [0.25, 0.3) is 5.65 Å². The third kappa shape index (κ3) is 4.93. The Balaban J connectivity index is 1.35. The summed E-state index contributed by atoms with van der Waals surface area (Å²) in [5, 5.41) is 19.1. The van der Waals surface area contributed by atoms with Gasteiger partial charge in [0.1, 0.15) is 34.2 Å². The summed E-state index contributed by atoms with van der Waals surface area (Å²) in [6, 6.07) is 2.70. The number of aliphatic carboxylic acids is 1. The number of carbonyl (C=O) groups excluding carboxylic acids is 3. The summed E-state index contributed by atoms with van der Waals surface area (Å²) in [6.07, 6.45) is 4.55. The zero-order valence-electron chi connectivity index (χ0n) is 20.1. The van der Waals surface area contributed by atoms with Gasteiger partial charge in [-0.2, -0.15) is 0 Å². The lowest BCUT2D eigenvalue weighted by Gasteiger charge is -2.49. The summed E-state index contributed by atoms with van der Waals surface area (Å²) in [6.45, 7) is 1.59. The molecule has 14 nitrogen and oxygen atoms in total. The SMILES string of the molecule is C[C@H](O/N=C(\C(=O)NC1C(=O)N2C(C=O)=C(Cn3cc[n+]4ncccc34)CSC12)c1nc(N)sc1Cl)C(=O)O. The van der Waals surface area contributed by atoms with E-state index in [1.54, 1.807) is 23.0 Å². The van der Waals surface area contributed by atoms with Crippen molar-refractivity contribution in [3.05, 3.63) is 52.0 Å². The summed E-state index contributed by atoms with van der Waals surface area (Å²) in [5.74, 6) is -2.23. The van der Waals surface area contributed by atoms with Crippen LogP contribution in [0.3, 0.4) is 0 Å². The molecule has 3 aromatic heterocycles. The highest BCUT2D eigenvalue weighted by atomic mass is 35.5. The van der Waals surface area contributed by atoms with Crippen molar-refractivity contribution in [2.24, 2.45) is 5.16 Å². The molecule has 202 valence electrons. The Morgan fingerprint density at radius 3 is 2.97 bits per heavy atom. The summed E-state index contributed by atoms with van der Waals surface area (Å²) < 4.78 is 3.64. The van der Waals surface area contributed by atoms with E-state index in [0.29, 0.717) is 18.6 Å². The third-order valence-electron chi connectivity index (χ3n) is 5.98. The van der Waals surface area contributed by atoms with Crippen LogP contribution >= 0.6 is 34.7 Å². The molecule has 39 heavy (non-hydrogen) atoms. The lowest BCUT2D eigenvalue weighted by atomic mass is 10.0. The number of imidazole rings is 1. The van der Waals surface area contributed by atoms with Gasteiger partial charge in [0.05, 0.1) is 11.9 Å². The molecule has 0 bridgehead atoms. The Hall–Kier alpha value is -4.02. The smallest absolute Gasteiger partial charge is 0.347 e. The first-order chi connectivity index (χ1) is 18.7. The molecule has 0 aromatic carbocycles. The number of aromatic nitrogens is 4. The highest BCUT2D eigenvalue weighted by Crippen LogP contribution is 2.40. The van der Waals surface area contributed by atoms with Crippen LogP contribution in [0.5, 0.6) is 0 Å². The van der Waals surface area contributed by atoms with Crippen molar-refractivity contribution in [1.82, 2.24) is 24.9 Å². The number of nitrogen functional groups attached to an aromatic ring is 1. The van der Waals surface area contributed by atoms with Gasteiger partial charge >= 0.3 is 11.6 Å². The number of hydrogen-bond acceptors (Lipinski definition) is 11. The van der Waals surface area contributed by atoms with E-state index in [9.17, 15) is 19.2 Å². The molecule has 0 spiro atoms.